The van der Waals surface area contributed by atoms with Crippen LogP contribution in [0, 0.1) is 0 Å². The Hall–Kier alpha value is -0.610. The second-order valence-electron chi connectivity index (χ2n) is 6.48. The van der Waals surface area contributed by atoms with Crippen LogP contribution in [0.15, 0.2) is 0 Å². The number of ether oxygens (including phenoxy) is 1. The average molecular weight is 266 g/mol. The van der Waals surface area contributed by atoms with Crippen LogP contribution in [0.2, 0.25) is 0 Å². The molecule has 0 aromatic carbocycles. The maximum Gasteiger partial charge on any atom is 0.239 e. The van der Waals surface area contributed by atoms with E-state index in [4.69, 9.17) is 4.74 Å². The Morgan fingerprint density at radius 3 is 2.89 bits per heavy atom. The van der Waals surface area contributed by atoms with E-state index in [1.54, 1.807) is 0 Å². The number of nitrogens with one attached hydrogen (secondary N) is 1. The minimum Gasteiger partial charge on any atom is -0.370 e. The van der Waals surface area contributed by atoms with Crippen LogP contribution < -0.4 is 5.32 Å². The molecule has 2 heterocycles. The predicted molar refractivity (Wildman–Crippen MR) is 74.0 cm³/mol. The molecule has 108 valence electrons. The molecule has 3 rings (SSSR count). The highest BCUT2D eigenvalue weighted by atomic mass is 16.5. The van der Waals surface area contributed by atoms with Gasteiger partial charge in [-0.3, -0.25) is 4.79 Å². The number of nitrogens with zero attached hydrogens (tertiary/aromatic N) is 1. The van der Waals surface area contributed by atoms with Gasteiger partial charge in [-0.2, -0.15) is 0 Å². The van der Waals surface area contributed by atoms with Crippen LogP contribution >= 0.6 is 0 Å². The van der Waals surface area contributed by atoms with Crippen molar-refractivity contribution in [2.75, 3.05) is 19.6 Å². The van der Waals surface area contributed by atoms with E-state index in [1.165, 1.54) is 32.1 Å². The first kappa shape index (κ1) is 13.4. The van der Waals surface area contributed by atoms with Crippen LogP contribution in [0.4, 0.5) is 0 Å². The van der Waals surface area contributed by atoms with Gasteiger partial charge in [-0.1, -0.05) is 12.8 Å². The van der Waals surface area contributed by atoms with Crippen molar-refractivity contribution in [2.45, 2.75) is 69.6 Å². The molecule has 19 heavy (non-hydrogen) atoms. The first-order valence-electron chi connectivity index (χ1n) is 7.89. The van der Waals surface area contributed by atoms with Gasteiger partial charge in [0.25, 0.3) is 0 Å². The van der Waals surface area contributed by atoms with Crippen LogP contribution in [0.5, 0.6) is 0 Å². The van der Waals surface area contributed by atoms with Gasteiger partial charge in [-0.15, -0.1) is 0 Å². The molecule has 0 radical (unpaired) electrons. The summed E-state index contributed by atoms with van der Waals surface area (Å²) < 4.78 is 6.32. The lowest BCUT2D eigenvalue weighted by Gasteiger charge is -2.28. The normalized spacial score (nSPS) is 35.0. The lowest BCUT2D eigenvalue weighted by Crippen LogP contribution is -2.45. The Bertz CT molecular complexity index is 339. The first-order valence-corrected chi connectivity index (χ1v) is 7.89. The third-order valence-corrected chi connectivity index (χ3v) is 5.01. The summed E-state index contributed by atoms with van der Waals surface area (Å²) in [5.41, 5.74) is 0.184. The topological polar surface area (TPSA) is 41.6 Å². The summed E-state index contributed by atoms with van der Waals surface area (Å²) in [6, 6.07) is -0.0376. The van der Waals surface area contributed by atoms with E-state index >= 15 is 0 Å². The lowest BCUT2D eigenvalue weighted by molar-refractivity contribution is -0.135. The molecule has 2 atom stereocenters. The number of carbonyl (C=O) groups excluding carboxylic acids is 1. The Morgan fingerprint density at radius 2 is 2.11 bits per heavy atom. The largest absolute Gasteiger partial charge is 0.370 e. The van der Waals surface area contributed by atoms with E-state index in [0.717, 1.165) is 32.5 Å². The van der Waals surface area contributed by atoms with Crippen molar-refractivity contribution in [2.24, 2.45) is 0 Å². The van der Waals surface area contributed by atoms with Crippen molar-refractivity contribution in [1.82, 2.24) is 10.2 Å². The summed E-state index contributed by atoms with van der Waals surface area (Å²) in [5.74, 6) is 0.244. The summed E-state index contributed by atoms with van der Waals surface area (Å²) in [7, 11) is 0. The fourth-order valence-corrected chi connectivity index (χ4v) is 3.90. The number of rotatable bonds is 2. The average Bonchev–Trinajstić information content (AvgIpc) is 2.99. The smallest absolute Gasteiger partial charge is 0.239 e. The van der Waals surface area contributed by atoms with Gasteiger partial charge >= 0.3 is 0 Å². The van der Waals surface area contributed by atoms with Crippen LogP contribution in [0.1, 0.15) is 51.9 Å². The highest BCUT2D eigenvalue weighted by Gasteiger charge is 2.43. The maximum atomic E-state index is 12.3. The molecule has 2 saturated heterocycles. The Balaban J connectivity index is 1.57. The summed E-state index contributed by atoms with van der Waals surface area (Å²) in [5, 5.41) is 3.27. The van der Waals surface area contributed by atoms with Gasteiger partial charge in [0.2, 0.25) is 5.91 Å². The van der Waals surface area contributed by atoms with Gasteiger partial charge in [0, 0.05) is 13.1 Å². The van der Waals surface area contributed by atoms with Crippen molar-refractivity contribution < 1.29 is 9.53 Å². The zero-order chi connectivity index (χ0) is 13.3. The van der Waals surface area contributed by atoms with Gasteiger partial charge in [0.05, 0.1) is 17.7 Å². The zero-order valence-electron chi connectivity index (χ0n) is 12.0. The maximum absolute atomic E-state index is 12.3. The van der Waals surface area contributed by atoms with Gasteiger partial charge in [0.15, 0.2) is 0 Å². The molecule has 2 unspecified atom stereocenters. The number of hydrogen-bond acceptors (Lipinski definition) is 3. The van der Waals surface area contributed by atoms with Crippen LogP contribution in [-0.2, 0) is 9.53 Å². The van der Waals surface area contributed by atoms with Crippen molar-refractivity contribution in [1.29, 1.82) is 0 Å². The Kier molecular flexibility index (Phi) is 3.81. The molecule has 4 heteroatoms. The molecule has 1 N–H and O–H groups in total. The van der Waals surface area contributed by atoms with Gasteiger partial charge in [-0.25, -0.2) is 0 Å². The Labute approximate surface area is 115 Å². The third-order valence-electron chi connectivity index (χ3n) is 5.01. The minimum atomic E-state index is -0.0376. The summed E-state index contributed by atoms with van der Waals surface area (Å²) in [6.45, 7) is 4.59. The van der Waals surface area contributed by atoms with Crippen molar-refractivity contribution in [3.8, 4) is 0 Å². The summed E-state index contributed by atoms with van der Waals surface area (Å²) in [6.07, 6.45) is 8.75. The Morgan fingerprint density at radius 1 is 1.32 bits per heavy atom. The molecule has 2 aliphatic heterocycles. The van der Waals surface area contributed by atoms with Crippen LogP contribution in [0.3, 0.4) is 0 Å². The molecule has 1 aliphatic carbocycles. The molecule has 1 saturated carbocycles. The zero-order valence-corrected chi connectivity index (χ0v) is 12.0. The predicted octanol–water partition coefficient (Wildman–Crippen LogP) is 1.69. The van der Waals surface area contributed by atoms with E-state index in [1.807, 2.05) is 11.8 Å². The summed E-state index contributed by atoms with van der Waals surface area (Å²) >= 11 is 0. The van der Waals surface area contributed by atoms with E-state index < -0.39 is 0 Å². The number of hydrogen-bond donors (Lipinski definition) is 1. The number of amides is 1. The SMILES string of the molecule is CC1NCCCN(CC2CCC3(CCCC3)O2)C1=O. The van der Waals surface area contributed by atoms with E-state index in [9.17, 15) is 4.79 Å². The number of carbonyl (C=O) groups is 1. The highest BCUT2D eigenvalue weighted by molar-refractivity contribution is 5.81. The molecule has 0 aromatic heterocycles. The molecule has 3 aliphatic rings. The standard InChI is InChI=1S/C15H26N2O2/c1-12-14(18)17(10-4-9-16-12)11-13-5-8-15(19-13)6-2-3-7-15/h12-13,16H,2-11H2,1H3. The monoisotopic (exact) mass is 266 g/mol. The second kappa shape index (κ2) is 5.41. The molecule has 0 aromatic rings. The minimum absolute atomic E-state index is 0.0376. The first-order chi connectivity index (χ1) is 9.19. The lowest BCUT2D eigenvalue weighted by atomic mass is 9.98. The molecule has 4 nitrogen and oxygen atoms in total. The van der Waals surface area contributed by atoms with E-state index in [2.05, 4.69) is 5.32 Å². The summed E-state index contributed by atoms with van der Waals surface area (Å²) in [4.78, 5) is 14.3. The van der Waals surface area contributed by atoms with Gasteiger partial charge in [-0.05, 0) is 45.6 Å². The fraction of sp³-hybridized carbons (Fsp3) is 0.933. The molecule has 3 fully saturated rings. The van der Waals surface area contributed by atoms with Crippen molar-refractivity contribution in [3.63, 3.8) is 0 Å². The molecule has 0 bridgehead atoms. The highest BCUT2D eigenvalue weighted by Crippen LogP contribution is 2.43. The van der Waals surface area contributed by atoms with Gasteiger partial charge < -0.3 is 15.0 Å². The quantitative estimate of drug-likeness (QED) is 0.827. The van der Waals surface area contributed by atoms with E-state index in [-0.39, 0.29) is 23.7 Å². The van der Waals surface area contributed by atoms with Crippen LogP contribution in [-0.4, -0.2) is 48.2 Å². The molecular weight excluding hydrogens is 240 g/mol. The molecule has 1 spiro atoms. The van der Waals surface area contributed by atoms with Crippen molar-refractivity contribution in [3.05, 3.63) is 0 Å². The second-order valence-corrected chi connectivity index (χ2v) is 6.48. The third kappa shape index (κ3) is 2.79. The van der Waals surface area contributed by atoms with Crippen molar-refractivity contribution >= 4 is 5.91 Å². The van der Waals surface area contributed by atoms with Crippen LogP contribution in [0.25, 0.3) is 0 Å². The van der Waals surface area contributed by atoms with E-state index in [0.29, 0.717) is 0 Å². The van der Waals surface area contributed by atoms with Gasteiger partial charge in [0.1, 0.15) is 0 Å². The molecular formula is C15H26N2O2. The fourth-order valence-electron chi connectivity index (χ4n) is 3.90. The molecule has 1 amide bonds.